The minimum atomic E-state index is -4.35. The highest BCUT2D eigenvalue weighted by molar-refractivity contribution is 5.12. The predicted octanol–water partition coefficient (Wildman–Crippen LogP) is 2.61. The van der Waals surface area contributed by atoms with Crippen LogP contribution in [0.3, 0.4) is 0 Å². The van der Waals surface area contributed by atoms with Crippen LogP contribution >= 0.6 is 0 Å². The van der Waals surface area contributed by atoms with E-state index in [0.29, 0.717) is 5.56 Å². The van der Waals surface area contributed by atoms with Crippen molar-refractivity contribution in [3.8, 4) is 0 Å². The molecule has 1 aromatic rings. The van der Waals surface area contributed by atoms with Crippen molar-refractivity contribution in [3.05, 3.63) is 23.7 Å². The lowest BCUT2D eigenvalue weighted by molar-refractivity contribution is -0.153. The van der Waals surface area contributed by atoms with Gasteiger partial charge in [0.25, 0.3) is 0 Å². The first kappa shape index (κ1) is 7.18. The normalized spacial score (nSPS) is 12.0. The monoisotopic (exact) mass is 150 g/mol. The van der Waals surface area contributed by atoms with Crippen LogP contribution in [-0.2, 0) is 6.18 Å². The van der Waals surface area contributed by atoms with Gasteiger partial charge in [-0.05, 0) is 18.6 Å². The van der Waals surface area contributed by atoms with Gasteiger partial charge in [-0.15, -0.1) is 0 Å². The van der Waals surface area contributed by atoms with E-state index in [1.165, 1.54) is 0 Å². The lowest BCUT2D eigenvalue weighted by Crippen LogP contribution is -2.01. The van der Waals surface area contributed by atoms with Crippen LogP contribution in [0.5, 0.6) is 0 Å². The van der Waals surface area contributed by atoms with Gasteiger partial charge in [0, 0.05) is 0 Å². The Bertz CT molecular complexity index is 223. The third kappa shape index (κ3) is 1.32. The molecule has 10 heavy (non-hydrogen) atoms. The van der Waals surface area contributed by atoms with Crippen LogP contribution in [0.1, 0.15) is 11.3 Å². The Labute approximate surface area is 55.5 Å². The molecule has 0 radical (unpaired) electrons. The molecule has 0 aliphatic carbocycles. The van der Waals surface area contributed by atoms with Crippen molar-refractivity contribution in [3.63, 3.8) is 0 Å². The molecule has 4 heteroatoms. The molecule has 0 saturated carbocycles. The summed E-state index contributed by atoms with van der Waals surface area (Å²) in [6.07, 6.45) is -3.28. The zero-order valence-electron chi connectivity index (χ0n) is 5.20. The number of rotatable bonds is 0. The van der Waals surface area contributed by atoms with E-state index in [9.17, 15) is 13.2 Å². The van der Waals surface area contributed by atoms with Gasteiger partial charge >= 0.3 is 6.18 Å². The van der Waals surface area contributed by atoms with E-state index in [-0.39, 0.29) is 0 Å². The van der Waals surface area contributed by atoms with Crippen LogP contribution in [0.2, 0.25) is 0 Å². The van der Waals surface area contributed by atoms with Gasteiger partial charge in [0.2, 0.25) is 5.76 Å². The van der Waals surface area contributed by atoms with Crippen LogP contribution in [0.15, 0.2) is 16.7 Å². The molecule has 0 unspecified atom stereocenters. The molecule has 56 valence electrons. The molecule has 0 bridgehead atoms. The minimum absolute atomic E-state index is 0.479. The van der Waals surface area contributed by atoms with Crippen molar-refractivity contribution in [1.82, 2.24) is 0 Å². The van der Waals surface area contributed by atoms with E-state index in [0.717, 1.165) is 12.3 Å². The summed E-state index contributed by atoms with van der Waals surface area (Å²) in [5.41, 5.74) is 0.479. The zero-order valence-corrected chi connectivity index (χ0v) is 5.20. The summed E-state index contributed by atoms with van der Waals surface area (Å²) < 4.78 is 39.3. The molecule has 0 saturated heterocycles. The predicted molar refractivity (Wildman–Crippen MR) is 28.4 cm³/mol. The molecule has 0 N–H and O–H groups in total. The lowest BCUT2D eigenvalue weighted by Gasteiger charge is -1.98. The molecule has 0 aliphatic heterocycles. The second kappa shape index (κ2) is 2.04. The quantitative estimate of drug-likeness (QED) is 0.554. The van der Waals surface area contributed by atoms with E-state index in [2.05, 4.69) is 4.42 Å². The van der Waals surface area contributed by atoms with Crippen LogP contribution in [0.25, 0.3) is 0 Å². The van der Waals surface area contributed by atoms with Gasteiger partial charge in [0.1, 0.15) is 0 Å². The molecule has 0 atom stereocenters. The molecule has 1 nitrogen and oxygen atoms in total. The lowest BCUT2D eigenvalue weighted by atomic mass is 10.3. The molecule has 1 rings (SSSR count). The standard InChI is InChI=1S/C6H5F3O/c1-4-2-5(10-3-4)6(7,8)9/h2-3H,1H3. The Morgan fingerprint density at radius 3 is 2.20 bits per heavy atom. The van der Waals surface area contributed by atoms with E-state index < -0.39 is 11.9 Å². The molecule has 0 spiro atoms. The number of halogens is 3. The van der Waals surface area contributed by atoms with Gasteiger partial charge in [-0.2, -0.15) is 13.2 Å². The van der Waals surface area contributed by atoms with Crippen LogP contribution in [0.4, 0.5) is 13.2 Å². The first-order valence-corrected chi connectivity index (χ1v) is 2.62. The van der Waals surface area contributed by atoms with E-state index in [4.69, 9.17) is 0 Å². The molecule has 0 fully saturated rings. The summed E-state index contributed by atoms with van der Waals surface area (Å²) in [5.74, 6) is -0.940. The second-order valence-electron chi connectivity index (χ2n) is 1.99. The Kier molecular flexibility index (Phi) is 1.46. The maximum absolute atomic E-state index is 11.7. The number of alkyl halides is 3. The summed E-state index contributed by atoms with van der Waals surface area (Å²) in [4.78, 5) is 0. The molecule has 0 aliphatic rings. The fourth-order valence-electron chi connectivity index (χ4n) is 0.580. The Hall–Kier alpha value is -0.930. The van der Waals surface area contributed by atoms with Crippen LogP contribution < -0.4 is 0 Å². The topological polar surface area (TPSA) is 13.1 Å². The highest BCUT2D eigenvalue weighted by atomic mass is 19.4. The highest BCUT2D eigenvalue weighted by Crippen LogP contribution is 2.30. The van der Waals surface area contributed by atoms with Gasteiger partial charge in [0.15, 0.2) is 0 Å². The average molecular weight is 150 g/mol. The van der Waals surface area contributed by atoms with Crippen LogP contribution in [-0.4, -0.2) is 0 Å². The average Bonchev–Trinajstić information content (AvgIpc) is 2.11. The molecular weight excluding hydrogens is 145 g/mol. The van der Waals surface area contributed by atoms with Crippen molar-refractivity contribution in [2.45, 2.75) is 13.1 Å². The maximum atomic E-state index is 11.7. The second-order valence-corrected chi connectivity index (χ2v) is 1.99. The SMILES string of the molecule is Cc1coc(C(F)(F)F)c1. The Morgan fingerprint density at radius 1 is 1.40 bits per heavy atom. The van der Waals surface area contributed by atoms with Crippen molar-refractivity contribution in [2.75, 3.05) is 0 Å². The summed E-state index contributed by atoms with van der Waals surface area (Å²) in [5, 5.41) is 0. The summed E-state index contributed by atoms with van der Waals surface area (Å²) in [6.45, 7) is 1.54. The maximum Gasteiger partial charge on any atom is 0.449 e. The van der Waals surface area contributed by atoms with Gasteiger partial charge < -0.3 is 4.42 Å². The fraction of sp³-hybridized carbons (Fsp3) is 0.333. The third-order valence-electron chi connectivity index (χ3n) is 1.01. The fourth-order valence-corrected chi connectivity index (χ4v) is 0.580. The van der Waals surface area contributed by atoms with E-state index in [1.54, 1.807) is 6.92 Å². The summed E-state index contributed by atoms with van der Waals surface area (Å²) in [6, 6.07) is 0.958. The largest absolute Gasteiger partial charge is 0.459 e. The summed E-state index contributed by atoms with van der Waals surface area (Å²) in [7, 11) is 0. The Morgan fingerprint density at radius 2 is 2.00 bits per heavy atom. The number of furan rings is 1. The van der Waals surface area contributed by atoms with E-state index in [1.807, 2.05) is 0 Å². The van der Waals surface area contributed by atoms with Crippen molar-refractivity contribution < 1.29 is 17.6 Å². The van der Waals surface area contributed by atoms with Gasteiger partial charge in [-0.3, -0.25) is 0 Å². The number of aryl methyl sites for hydroxylation is 1. The zero-order chi connectivity index (χ0) is 7.78. The third-order valence-corrected chi connectivity index (χ3v) is 1.01. The highest BCUT2D eigenvalue weighted by Gasteiger charge is 2.34. The van der Waals surface area contributed by atoms with Crippen LogP contribution in [0, 0.1) is 6.92 Å². The molecule has 1 aromatic heterocycles. The Balaban J connectivity index is 2.96. The summed E-state index contributed by atoms with van der Waals surface area (Å²) >= 11 is 0. The molecule has 1 heterocycles. The van der Waals surface area contributed by atoms with Gasteiger partial charge in [-0.25, -0.2) is 0 Å². The first-order valence-electron chi connectivity index (χ1n) is 2.62. The van der Waals surface area contributed by atoms with E-state index >= 15 is 0 Å². The number of hydrogen-bond acceptors (Lipinski definition) is 1. The van der Waals surface area contributed by atoms with Crippen molar-refractivity contribution in [2.24, 2.45) is 0 Å². The molecular formula is C6H5F3O. The minimum Gasteiger partial charge on any atom is -0.459 e. The number of hydrogen-bond donors (Lipinski definition) is 0. The van der Waals surface area contributed by atoms with Crippen molar-refractivity contribution >= 4 is 0 Å². The first-order chi connectivity index (χ1) is 4.50. The smallest absolute Gasteiger partial charge is 0.449 e. The van der Waals surface area contributed by atoms with Crippen molar-refractivity contribution in [1.29, 1.82) is 0 Å². The molecule has 0 aromatic carbocycles. The van der Waals surface area contributed by atoms with Gasteiger partial charge in [-0.1, -0.05) is 0 Å². The molecule has 0 amide bonds. The van der Waals surface area contributed by atoms with Gasteiger partial charge in [0.05, 0.1) is 6.26 Å².